The van der Waals surface area contributed by atoms with Crippen LogP contribution in [0.5, 0.6) is 0 Å². The molecule has 0 radical (unpaired) electrons. The van der Waals surface area contributed by atoms with Crippen molar-refractivity contribution in [3.8, 4) is 10.6 Å². The summed E-state index contributed by atoms with van der Waals surface area (Å²) in [5.74, 6) is 0. The van der Waals surface area contributed by atoms with Crippen molar-refractivity contribution in [2.75, 3.05) is 31.5 Å². The molecule has 0 aliphatic carbocycles. The highest BCUT2D eigenvalue weighted by Gasteiger charge is 2.25. The third kappa shape index (κ3) is 4.58. The summed E-state index contributed by atoms with van der Waals surface area (Å²) in [6.07, 6.45) is 2.81. The zero-order chi connectivity index (χ0) is 17.9. The largest absolute Gasteiger partial charge is 0.323 e. The summed E-state index contributed by atoms with van der Waals surface area (Å²) >= 11 is 1.61. The Morgan fingerprint density at radius 3 is 2.52 bits per heavy atom. The van der Waals surface area contributed by atoms with E-state index in [2.05, 4.69) is 36.0 Å². The fourth-order valence-electron chi connectivity index (χ4n) is 3.06. The number of hydrogen-bond acceptors (Lipinski definition) is 4. The van der Waals surface area contributed by atoms with E-state index in [-0.39, 0.29) is 11.6 Å². The minimum Gasteiger partial charge on any atom is -0.323 e. The van der Waals surface area contributed by atoms with Crippen LogP contribution in [0.2, 0.25) is 0 Å². The van der Waals surface area contributed by atoms with Crippen LogP contribution >= 0.6 is 11.3 Å². The second-order valence-corrected chi connectivity index (χ2v) is 8.24. The third-order valence-electron chi connectivity index (χ3n) is 4.55. The lowest BCUT2D eigenvalue weighted by Crippen LogP contribution is -2.44. The van der Waals surface area contributed by atoms with Crippen LogP contribution in [0.3, 0.4) is 0 Å². The molecular formula is C19H26N4OS. The summed E-state index contributed by atoms with van der Waals surface area (Å²) < 4.78 is 0. The summed E-state index contributed by atoms with van der Waals surface area (Å²) in [6, 6.07) is 7.86. The van der Waals surface area contributed by atoms with E-state index < -0.39 is 0 Å². The van der Waals surface area contributed by atoms with E-state index >= 15 is 0 Å². The van der Waals surface area contributed by atoms with Crippen molar-refractivity contribution in [1.82, 2.24) is 14.8 Å². The molecule has 1 aliphatic rings. The van der Waals surface area contributed by atoms with Crippen molar-refractivity contribution < 1.29 is 4.79 Å². The highest BCUT2D eigenvalue weighted by Crippen LogP contribution is 2.23. The number of benzene rings is 1. The van der Waals surface area contributed by atoms with E-state index in [0.717, 1.165) is 48.9 Å². The van der Waals surface area contributed by atoms with Crippen LogP contribution in [-0.4, -0.2) is 52.5 Å². The molecule has 5 nitrogen and oxygen atoms in total. The quantitative estimate of drug-likeness (QED) is 0.877. The van der Waals surface area contributed by atoms with Gasteiger partial charge in [-0.25, -0.2) is 9.78 Å². The Kier molecular flexibility index (Phi) is 5.39. The molecule has 2 amide bonds. The van der Waals surface area contributed by atoms with Gasteiger partial charge in [0.15, 0.2) is 0 Å². The van der Waals surface area contributed by atoms with Crippen molar-refractivity contribution in [3.63, 3.8) is 0 Å². The number of carbonyl (C=O) groups excluding carboxylic acids is 1. The van der Waals surface area contributed by atoms with E-state index in [9.17, 15) is 4.79 Å². The molecule has 1 fully saturated rings. The number of urea groups is 1. The number of anilines is 1. The molecule has 1 aromatic heterocycles. The van der Waals surface area contributed by atoms with Gasteiger partial charge < -0.3 is 10.2 Å². The Morgan fingerprint density at radius 2 is 1.88 bits per heavy atom. The standard InChI is InChI=1S/C19H26N4OS/c1-19(2,3)23-11-4-10-22(12-13-23)18(24)21-16-7-5-15(6-8-16)17-20-9-14-25-17/h5-9,14H,4,10-13H2,1-3H3,(H,21,24). The van der Waals surface area contributed by atoms with E-state index in [1.54, 1.807) is 17.5 Å². The second-order valence-electron chi connectivity index (χ2n) is 7.34. The second kappa shape index (κ2) is 7.54. The first-order valence-corrected chi connectivity index (χ1v) is 9.62. The first-order valence-electron chi connectivity index (χ1n) is 8.74. The molecule has 2 heterocycles. The predicted molar refractivity (Wildman–Crippen MR) is 104 cm³/mol. The summed E-state index contributed by atoms with van der Waals surface area (Å²) in [4.78, 5) is 21.2. The van der Waals surface area contributed by atoms with Gasteiger partial charge in [0, 0.05) is 54.5 Å². The van der Waals surface area contributed by atoms with Crippen molar-refractivity contribution >= 4 is 23.1 Å². The fraction of sp³-hybridized carbons (Fsp3) is 0.474. The van der Waals surface area contributed by atoms with Crippen molar-refractivity contribution in [2.45, 2.75) is 32.7 Å². The van der Waals surface area contributed by atoms with Gasteiger partial charge in [-0.1, -0.05) is 0 Å². The van der Waals surface area contributed by atoms with Crippen molar-refractivity contribution in [1.29, 1.82) is 0 Å². The number of aromatic nitrogens is 1. The number of nitrogens with one attached hydrogen (secondary N) is 1. The Bertz CT molecular complexity index is 691. The Hall–Kier alpha value is -1.92. The molecule has 0 atom stereocenters. The molecule has 1 saturated heterocycles. The topological polar surface area (TPSA) is 48.5 Å². The highest BCUT2D eigenvalue weighted by atomic mass is 32.1. The minimum atomic E-state index is -0.0160. The van der Waals surface area contributed by atoms with Gasteiger partial charge in [-0.2, -0.15) is 0 Å². The molecule has 1 aromatic carbocycles. The number of thiazole rings is 1. The molecule has 0 spiro atoms. The zero-order valence-electron chi connectivity index (χ0n) is 15.2. The maximum Gasteiger partial charge on any atom is 0.321 e. The molecule has 1 N–H and O–H groups in total. The summed E-state index contributed by atoms with van der Waals surface area (Å²) in [5.41, 5.74) is 2.05. The zero-order valence-corrected chi connectivity index (χ0v) is 16.0. The monoisotopic (exact) mass is 358 g/mol. The molecule has 134 valence electrons. The third-order valence-corrected chi connectivity index (χ3v) is 5.37. The van der Waals surface area contributed by atoms with Gasteiger partial charge in [-0.15, -0.1) is 11.3 Å². The first kappa shape index (κ1) is 17.9. The average molecular weight is 359 g/mol. The molecule has 25 heavy (non-hydrogen) atoms. The maximum absolute atomic E-state index is 12.6. The fourth-order valence-corrected chi connectivity index (χ4v) is 3.70. The Morgan fingerprint density at radius 1 is 1.12 bits per heavy atom. The molecule has 0 unspecified atom stereocenters. The molecule has 6 heteroatoms. The van der Waals surface area contributed by atoms with Crippen LogP contribution in [0, 0.1) is 0 Å². The van der Waals surface area contributed by atoms with Crippen LogP contribution < -0.4 is 5.32 Å². The van der Waals surface area contributed by atoms with Crippen LogP contribution in [0.4, 0.5) is 10.5 Å². The number of nitrogens with zero attached hydrogens (tertiary/aromatic N) is 3. The van der Waals surface area contributed by atoms with Crippen LogP contribution in [0.1, 0.15) is 27.2 Å². The first-order chi connectivity index (χ1) is 11.9. The Labute approximate surface area is 153 Å². The molecule has 0 saturated carbocycles. The van der Waals surface area contributed by atoms with Crippen LogP contribution in [0.25, 0.3) is 10.6 Å². The van der Waals surface area contributed by atoms with Gasteiger partial charge in [-0.05, 0) is 51.5 Å². The minimum absolute atomic E-state index is 0.0160. The lowest BCUT2D eigenvalue weighted by atomic mass is 10.1. The molecule has 1 aliphatic heterocycles. The summed E-state index contributed by atoms with van der Waals surface area (Å²) in [6.45, 7) is 10.2. The van der Waals surface area contributed by atoms with E-state index in [1.807, 2.05) is 34.5 Å². The molecular weight excluding hydrogens is 332 g/mol. The van der Waals surface area contributed by atoms with Gasteiger partial charge >= 0.3 is 6.03 Å². The van der Waals surface area contributed by atoms with Crippen molar-refractivity contribution in [2.24, 2.45) is 0 Å². The molecule has 0 bridgehead atoms. The average Bonchev–Trinajstić information content (AvgIpc) is 2.98. The number of hydrogen-bond donors (Lipinski definition) is 1. The van der Waals surface area contributed by atoms with Gasteiger partial charge in [0.1, 0.15) is 5.01 Å². The molecule has 3 rings (SSSR count). The van der Waals surface area contributed by atoms with E-state index in [4.69, 9.17) is 0 Å². The number of amides is 2. The normalized spacial score (nSPS) is 16.5. The smallest absolute Gasteiger partial charge is 0.321 e. The number of rotatable bonds is 2. The Balaban J connectivity index is 1.58. The molecule has 2 aromatic rings. The predicted octanol–water partition coefficient (Wildman–Crippen LogP) is 4.15. The lowest BCUT2D eigenvalue weighted by Gasteiger charge is -2.34. The SMILES string of the molecule is CC(C)(C)N1CCCN(C(=O)Nc2ccc(-c3nccs3)cc2)CC1. The number of carbonyl (C=O) groups is 1. The maximum atomic E-state index is 12.6. The van der Waals surface area contributed by atoms with Crippen molar-refractivity contribution in [3.05, 3.63) is 35.8 Å². The highest BCUT2D eigenvalue weighted by molar-refractivity contribution is 7.13. The van der Waals surface area contributed by atoms with E-state index in [0.29, 0.717) is 0 Å². The van der Waals surface area contributed by atoms with Crippen LogP contribution in [0.15, 0.2) is 35.8 Å². The van der Waals surface area contributed by atoms with Crippen LogP contribution in [-0.2, 0) is 0 Å². The van der Waals surface area contributed by atoms with Gasteiger partial charge in [-0.3, -0.25) is 4.90 Å². The summed E-state index contributed by atoms with van der Waals surface area (Å²) in [5, 5.41) is 5.97. The summed E-state index contributed by atoms with van der Waals surface area (Å²) in [7, 11) is 0. The van der Waals surface area contributed by atoms with Gasteiger partial charge in [0.2, 0.25) is 0 Å². The van der Waals surface area contributed by atoms with Gasteiger partial charge in [0.05, 0.1) is 0 Å². The lowest BCUT2D eigenvalue weighted by molar-refractivity contribution is 0.142. The van der Waals surface area contributed by atoms with E-state index in [1.165, 1.54) is 0 Å². The van der Waals surface area contributed by atoms with Gasteiger partial charge in [0.25, 0.3) is 0 Å².